The minimum Gasteiger partial charge on any atom is -0.348 e. The lowest BCUT2D eigenvalue weighted by Crippen LogP contribution is -2.37. The number of rotatable bonds is 9. The summed E-state index contributed by atoms with van der Waals surface area (Å²) in [6, 6.07) is 22.2. The molecule has 3 aromatic rings. The number of amides is 2. The second-order valence-corrected chi connectivity index (χ2v) is 9.63. The maximum absolute atomic E-state index is 12.8. The van der Waals surface area contributed by atoms with E-state index in [9.17, 15) is 9.59 Å². The van der Waals surface area contributed by atoms with E-state index >= 15 is 0 Å². The number of nitrogens with one attached hydrogen (secondary N) is 2. The molecule has 33 heavy (non-hydrogen) atoms. The first-order valence-electron chi connectivity index (χ1n) is 11.6. The molecule has 6 heteroatoms. The van der Waals surface area contributed by atoms with Gasteiger partial charge in [-0.3, -0.25) is 14.5 Å². The second-order valence-electron chi connectivity index (χ2n) is 8.60. The summed E-state index contributed by atoms with van der Waals surface area (Å²) in [5.41, 5.74) is 2.53. The van der Waals surface area contributed by atoms with E-state index in [0.717, 1.165) is 32.4 Å². The van der Waals surface area contributed by atoms with Gasteiger partial charge in [-0.2, -0.15) is 0 Å². The highest BCUT2D eigenvalue weighted by atomic mass is 32.1. The Morgan fingerprint density at radius 3 is 2.73 bits per heavy atom. The Kier molecular flexibility index (Phi) is 7.92. The number of benzene rings is 2. The van der Waals surface area contributed by atoms with Crippen LogP contribution in [0.15, 0.2) is 72.1 Å². The third-order valence-corrected chi connectivity index (χ3v) is 7.14. The van der Waals surface area contributed by atoms with Crippen molar-refractivity contribution in [3.8, 4) is 0 Å². The quantitative estimate of drug-likeness (QED) is 0.456. The summed E-state index contributed by atoms with van der Waals surface area (Å²) in [4.78, 5) is 28.9. The minimum absolute atomic E-state index is 0.0227. The molecule has 1 fully saturated rings. The molecule has 2 unspecified atom stereocenters. The summed E-state index contributed by atoms with van der Waals surface area (Å²) in [7, 11) is 0. The Hall–Kier alpha value is -2.96. The van der Waals surface area contributed by atoms with Crippen LogP contribution in [0.4, 0.5) is 5.69 Å². The van der Waals surface area contributed by atoms with Gasteiger partial charge >= 0.3 is 0 Å². The molecular formula is C27H31N3O2S. The predicted octanol–water partition coefficient (Wildman–Crippen LogP) is 5.27. The summed E-state index contributed by atoms with van der Waals surface area (Å²) in [5, 5.41) is 8.15. The van der Waals surface area contributed by atoms with E-state index in [-0.39, 0.29) is 17.9 Å². The Morgan fingerprint density at radius 2 is 1.94 bits per heavy atom. The number of aryl methyl sites for hydroxylation is 1. The van der Waals surface area contributed by atoms with Gasteiger partial charge in [0.15, 0.2) is 0 Å². The molecule has 2 aromatic carbocycles. The lowest BCUT2D eigenvalue weighted by atomic mass is 10.1. The fourth-order valence-electron chi connectivity index (χ4n) is 4.31. The third kappa shape index (κ3) is 6.53. The summed E-state index contributed by atoms with van der Waals surface area (Å²) >= 11 is 1.72. The van der Waals surface area contributed by atoms with Crippen LogP contribution in [0.5, 0.6) is 0 Å². The number of hydrogen-bond acceptors (Lipinski definition) is 4. The Balaban J connectivity index is 1.26. The summed E-state index contributed by atoms with van der Waals surface area (Å²) in [6.07, 6.45) is 3.12. The highest BCUT2D eigenvalue weighted by molar-refractivity contribution is 7.09. The summed E-state index contributed by atoms with van der Waals surface area (Å²) in [5.74, 6) is -0.117. The topological polar surface area (TPSA) is 61.4 Å². The number of hydrogen-bond donors (Lipinski definition) is 2. The molecule has 2 N–H and O–H groups in total. The van der Waals surface area contributed by atoms with Crippen LogP contribution in [0.1, 0.15) is 53.0 Å². The van der Waals surface area contributed by atoms with Crippen LogP contribution in [0.2, 0.25) is 0 Å². The highest BCUT2D eigenvalue weighted by Crippen LogP contribution is 2.24. The molecule has 172 valence electrons. The van der Waals surface area contributed by atoms with Crippen molar-refractivity contribution in [2.75, 3.05) is 18.4 Å². The fraction of sp³-hybridized carbons (Fsp3) is 0.333. The third-order valence-electron chi connectivity index (χ3n) is 6.20. The van der Waals surface area contributed by atoms with Crippen LogP contribution < -0.4 is 10.6 Å². The van der Waals surface area contributed by atoms with Gasteiger partial charge in [-0.15, -0.1) is 11.3 Å². The van der Waals surface area contributed by atoms with Gasteiger partial charge in [0.05, 0.1) is 0 Å². The van der Waals surface area contributed by atoms with Gasteiger partial charge in [-0.25, -0.2) is 0 Å². The maximum Gasteiger partial charge on any atom is 0.251 e. The van der Waals surface area contributed by atoms with Crippen molar-refractivity contribution in [3.63, 3.8) is 0 Å². The van der Waals surface area contributed by atoms with E-state index in [2.05, 4.69) is 58.2 Å². The van der Waals surface area contributed by atoms with Crippen LogP contribution in [0.25, 0.3) is 0 Å². The van der Waals surface area contributed by atoms with Crippen molar-refractivity contribution in [2.24, 2.45) is 0 Å². The fourth-order valence-corrected chi connectivity index (χ4v) is 5.06. The van der Waals surface area contributed by atoms with Crippen molar-refractivity contribution in [3.05, 3.63) is 88.1 Å². The van der Waals surface area contributed by atoms with E-state index in [1.54, 1.807) is 23.5 Å². The van der Waals surface area contributed by atoms with Gasteiger partial charge in [0.1, 0.15) is 0 Å². The lowest BCUT2D eigenvalue weighted by molar-refractivity contribution is -0.116. The molecule has 1 aliphatic heterocycles. The molecule has 1 aliphatic rings. The molecule has 0 radical (unpaired) electrons. The maximum atomic E-state index is 12.8. The van der Waals surface area contributed by atoms with Gasteiger partial charge in [0, 0.05) is 47.7 Å². The number of carbonyl (C=O) groups is 2. The number of carbonyl (C=O) groups excluding carboxylic acids is 2. The highest BCUT2D eigenvalue weighted by Gasteiger charge is 2.28. The summed E-state index contributed by atoms with van der Waals surface area (Å²) < 4.78 is 0. The lowest BCUT2D eigenvalue weighted by Gasteiger charge is -2.24. The molecule has 1 aromatic heterocycles. The minimum atomic E-state index is -0.0944. The molecule has 2 atom stereocenters. The van der Waals surface area contributed by atoms with Crippen LogP contribution in [-0.2, 0) is 11.2 Å². The molecule has 0 aliphatic carbocycles. The monoisotopic (exact) mass is 461 g/mol. The first-order chi connectivity index (χ1) is 16.1. The molecule has 5 nitrogen and oxygen atoms in total. The van der Waals surface area contributed by atoms with Crippen molar-refractivity contribution < 1.29 is 9.59 Å². The Morgan fingerprint density at radius 1 is 1.09 bits per heavy atom. The number of anilines is 1. The molecule has 2 heterocycles. The number of nitrogens with zero attached hydrogens (tertiary/aromatic N) is 1. The van der Waals surface area contributed by atoms with Crippen LogP contribution in [0.3, 0.4) is 0 Å². The van der Waals surface area contributed by atoms with E-state index in [4.69, 9.17) is 0 Å². The second kappa shape index (κ2) is 11.3. The molecular weight excluding hydrogens is 430 g/mol. The Bertz CT molecular complexity index is 1050. The zero-order valence-electron chi connectivity index (χ0n) is 19.0. The first kappa shape index (κ1) is 23.2. The zero-order chi connectivity index (χ0) is 23.0. The van der Waals surface area contributed by atoms with Crippen LogP contribution in [0, 0.1) is 0 Å². The van der Waals surface area contributed by atoms with Crippen molar-refractivity contribution in [1.82, 2.24) is 10.2 Å². The number of likely N-dealkylation sites (tertiary alicyclic amines) is 1. The van der Waals surface area contributed by atoms with Crippen LogP contribution >= 0.6 is 11.3 Å². The molecule has 1 saturated heterocycles. The summed E-state index contributed by atoms with van der Waals surface area (Å²) in [6.45, 7) is 4.01. The van der Waals surface area contributed by atoms with Crippen molar-refractivity contribution in [1.29, 1.82) is 0 Å². The van der Waals surface area contributed by atoms with Crippen molar-refractivity contribution >= 4 is 28.8 Å². The van der Waals surface area contributed by atoms with Crippen LogP contribution in [-0.4, -0.2) is 35.8 Å². The van der Waals surface area contributed by atoms with E-state index in [1.807, 2.05) is 24.3 Å². The normalized spacial score (nSPS) is 16.9. The average molecular weight is 462 g/mol. The van der Waals surface area contributed by atoms with Crippen molar-refractivity contribution in [2.45, 2.75) is 44.7 Å². The molecule has 0 spiro atoms. The van der Waals surface area contributed by atoms with E-state index < -0.39 is 0 Å². The zero-order valence-corrected chi connectivity index (χ0v) is 19.8. The van der Waals surface area contributed by atoms with Gasteiger partial charge in [0.25, 0.3) is 5.91 Å². The SMILES string of the molecule is CC(c1ccccc1)N1CCC(NC(=O)c2cccc(NC(=O)CCCc3cccs3)c2)C1. The first-order valence-corrected chi connectivity index (χ1v) is 12.5. The van der Waals surface area contributed by atoms with Gasteiger partial charge in [0.2, 0.25) is 5.91 Å². The Labute approximate surface area is 199 Å². The smallest absolute Gasteiger partial charge is 0.251 e. The average Bonchev–Trinajstić information content (AvgIpc) is 3.52. The predicted molar refractivity (Wildman–Crippen MR) is 135 cm³/mol. The molecule has 4 rings (SSSR count). The van der Waals surface area contributed by atoms with Gasteiger partial charge < -0.3 is 10.6 Å². The number of thiophene rings is 1. The molecule has 0 bridgehead atoms. The van der Waals surface area contributed by atoms with E-state index in [0.29, 0.717) is 23.7 Å². The standard InChI is InChI=1S/C27H31N3O2S/c1-20(21-8-3-2-4-9-21)30-16-15-24(19-30)29-27(32)22-10-5-11-23(18-22)28-26(31)14-6-12-25-13-7-17-33-25/h2-5,7-11,13,17-18,20,24H,6,12,14-16,19H2,1H3,(H,28,31)(H,29,32). The largest absolute Gasteiger partial charge is 0.348 e. The van der Waals surface area contributed by atoms with Gasteiger partial charge in [-0.05, 0) is 61.4 Å². The molecule has 0 saturated carbocycles. The molecule has 2 amide bonds. The van der Waals surface area contributed by atoms with E-state index in [1.165, 1.54) is 10.4 Å². The van der Waals surface area contributed by atoms with Gasteiger partial charge in [-0.1, -0.05) is 42.5 Å².